The second-order valence-electron chi connectivity index (χ2n) is 4.83. The molecule has 17 heavy (non-hydrogen) atoms. The SMILES string of the molecule is COC(=O)c1ccc(CN2CC(C)(O)C2)cc1. The molecule has 0 radical (unpaired) electrons. The van der Waals surface area contributed by atoms with Gasteiger partial charge in [-0.25, -0.2) is 4.79 Å². The third-order valence-electron chi connectivity index (χ3n) is 2.91. The predicted octanol–water partition coefficient (Wildman–Crippen LogP) is 1.04. The maximum absolute atomic E-state index is 11.2. The molecule has 1 aliphatic rings. The van der Waals surface area contributed by atoms with Gasteiger partial charge in [0, 0.05) is 19.6 Å². The molecule has 0 aliphatic carbocycles. The van der Waals surface area contributed by atoms with Gasteiger partial charge in [0.1, 0.15) is 0 Å². The summed E-state index contributed by atoms with van der Waals surface area (Å²) in [6, 6.07) is 7.36. The molecule has 1 saturated heterocycles. The van der Waals surface area contributed by atoms with Crippen LogP contribution in [-0.2, 0) is 11.3 Å². The summed E-state index contributed by atoms with van der Waals surface area (Å²) in [7, 11) is 1.37. The first kappa shape index (κ1) is 12.1. The lowest BCUT2D eigenvalue weighted by molar-refractivity contribution is -0.0871. The van der Waals surface area contributed by atoms with Crippen molar-refractivity contribution in [2.24, 2.45) is 0 Å². The van der Waals surface area contributed by atoms with E-state index in [4.69, 9.17) is 0 Å². The summed E-state index contributed by atoms with van der Waals surface area (Å²) in [5, 5.41) is 9.61. The highest BCUT2D eigenvalue weighted by Gasteiger charge is 2.35. The molecule has 4 nitrogen and oxygen atoms in total. The van der Waals surface area contributed by atoms with Crippen LogP contribution in [0.1, 0.15) is 22.8 Å². The number of hydrogen-bond acceptors (Lipinski definition) is 4. The van der Waals surface area contributed by atoms with Gasteiger partial charge in [-0.1, -0.05) is 12.1 Å². The zero-order chi connectivity index (χ0) is 12.5. The number of aliphatic hydroxyl groups is 1. The molecule has 92 valence electrons. The van der Waals surface area contributed by atoms with Crippen molar-refractivity contribution in [3.8, 4) is 0 Å². The molecule has 2 rings (SSSR count). The second-order valence-corrected chi connectivity index (χ2v) is 4.83. The first-order valence-electron chi connectivity index (χ1n) is 5.62. The molecule has 1 aromatic rings. The van der Waals surface area contributed by atoms with E-state index in [1.807, 2.05) is 19.1 Å². The molecule has 1 N–H and O–H groups in total. The van der Waals surface area contributed by atoms with Gasteiger partial charge < -0.3 is 9.84 Å². The number of ether oxygens (including phenoxy) is 1. The lowest BCUT2D eigenvalue weighted by Crippen LogP contribution is -2.59. The minimum absolute atomic E-state index is 0.316. The van der Waals surface area contributed by atoms with Crippen molar-refractivity contribution in [1.29, 1.82) is 0 Å². The van der Waals surface area contributed by atoms with Crippen LogP contribution in [0.4, 0.5) is 0 Å². The minimum atomic E-state index is -0.536. The van der Waals surface area contributed by atoms with Crippen LogP contribution in [-0.4, -0.2) is 41.8 Å². The fourth-order valence-corrected chi connectivity index (χ4v) is 2.15. The summed E-state index contributed by atoms with van der Waals surface area (Å²) in [5.74, 6) is -0.316. The zero-order valence-electron chi connectivity index (χ0n) is 10.1. The molecule has 0 amide bonds. The van der Waals surface area contributed by atoms with Crippen molar-refractivity contribution < 1.29 is 14.6 Å². The number of methoxy groups -OCH3 is 1. The van der Waals surface area contributed by atoms with Crippen LogP contribution in [0, 0.1) is 0 Å². The first-order chi connectivity index (χ1) is 8.00. The normalized spacial score (nSPS) is 18.5. The molecule has 0 unspecified atom stereocenters. The number of nitrogens with zero attached hydrogens (tertiary/aromatic N) is 1. The summed E-state index contributed by atoms with van der Waals surface area (Å²) in [6.45, 7) is 4.04. The van der Waals surface area contributed by atoms with Crippen LogP contribution in [0.3, 0.4) is 0 Å². The molecular weight excluding hydrogens is 218 g/mol. The highest BCUT2D eigenvalue weighted by atomic mass is 16.5. The molecule has 0 bridgehead atoms. The van der Waals surface area contributed by atoms with Crippen LogP contribution in [0.5, 0.6) is 0 Å². The summed E-state index contributed by atoms with van der Waals surface area (Å²) >= 11 is 0. The molecule has 0 saturated carbocycles. The molecule has 1 fully saturated rings. The van der Waals surface area contributed by atoms with Crippen molar-refractivity contribution in [1.82, 2.24) is 4.90 Å². The molecule has 4 heteroatoms. The zero-order valence-corrected chi connectivity index (χ0v) is 10.1. The van der Waals surface area contributed by atoms with E-state index in [1.165, 1.54) is 7.11 Å². The van der Waals surface area contributed by atoms with Gasteiger partial charge in [0.15, 0.2) is 0 Å². The van der Waals surface area contributed by atoms with Crippen LogP contribution in [0.2, 0.25) is 0 Å². The fourth-order valence-electron chi connectivity index (χ4n) is 2.15. The van der Waals surface area contributed by atoms with E-state index in [2.05, 4.69) is 9.64 Å². The van der Waals surface area contributed by atoms with Crippen molar-refractivity contribution in [3.63, 3.8) is 0 Å². The van der Waals surface area contributed by atoms with Gasteiger partial charge in [-0.3, -0.25) is 4.90 Å². The number of carbonyl (C=O) groups excluding carboxylic acids is 1. The number of rotatable bonds is 3. The quantitative estimate of drug-likeness (QED) is 0.795. The van der Waals surface area contributed by atoms with Crippen LogP contribution >= 0.6 is 0 Å². The Kier molecular flexibility index (Phi) is 3.17. The Morgan fingerprint density at radius 1 is 1.41 bits per heavy atom. The standard InChI is InChI=1S/C13H17NO3/c1-13(16)8-14(9-13)7-10-3-5-11(6-4-10)12(15)17-2/h3-6,16H,7-9H2,1-2H3. The minimum Gasteiger partial charge on any atom is -0.465 e. The smallest absolute Gasteiger partial charge is 0.337 e. The number of β-amino-alcohol motifs (C(OH)–C–C–N with tert-alkyl or cyclic N) is 1. The maximum atomic E-state index is 11.2. The number of likely N-dealkylation sites (tertiary alicyclic amines) is 1. The Bertz CT molecular complexity index is 403. The second kappa shape index (κ2) is 4.47. The lowest BCUT2D eigenvalue weighted by Gasteiger charge is -2.44. The molecule has 1 aromatic carbocycles. The van der Waals surface area contributed by atoms with Gasteiger partial charge in [-0.15, -0.1) is 0 Å². The number of hydrogen-bond donors (Lipinski definition) is 1. The molecule has 0 spiro atoms. The van der Waals surface area contributed by atoms with Crippen LogP contribution in [0.25, 0.3) is 0 Å². The maximum Gasteiger partial charge on any atom is 0.337 e. The van der Waals surface area contributed by atoms with Gasteiger partial charge in [0.25, 0.3) is 0 Å². The summed E-state index contributed by atoms with van der Waals surface area (Å²) in [4.78, 5) is 13.4. The summed E-state index contributed by atoms with van der Waals surface area (Å²) in [5.41, 5.74) is 1.16. The van der Waals surface area contributed by atoms with Gasteiger partial charge in [0.2, 0.25) is 0 Å². The number of benzene rings is 1. The van der Waals surface area contributed by atoms with Crippen LogP contribution in [0.15, 0.2) is 24.3 Å². The molecule has 0 aromatic heterocycles. The summed E-state index contributed by atoms with van der Waals surface area (Å²) < 4.78 is 4.63. The van der Waals surface area contributed by atoms with E-state index < -0.39 is 5.60 Å². The Hall–Kier alpha value is -1.39. The average molecular weight is 235 g/mol. The third-order valence-corrected chi connectivity index (χ3v) is 2.91. The Balaban J connectivity index is 1.93. The predicted molar refractivity (Wildman–Crippen MR) is 63.7 cm³/mol. The topological polar surface area (TPSA) is 49.8 Å². The fraction of sp³-hybridized carbons (Fsp3) is 0.462. The molecule has 0 atom stereocenters. The van der Waals surface area contributed by atoms with Gasteiger partial charge in [0.05, 0.1) is 18.3 Å². The number of esters is 1. The average Bonchev–Trinajstić information content (AvgIpc) is 2.26. The van der Waals surface area contributed by atoms with E-state index in [0.29, 0.717) is 18.7 Å². The largest absolute Gasteiger partial charge is 0.465 e. The van der Waals surface area contributed by atoms with E-state index in [-0.39, 0.29) is 5.97 Å². The van der Waals surface area contributed by atoms with Crippen LogP contribution < -0.4 is 0 Å². The molecule has 1 heterocycles. The Morgan fingerprint density at radius 3 is 2.47 bits per heavy atom. The first-order valence-corrected chi connectivity index (χ1v) is 5.62. The monoisotopic (exact) mass is 235 g/mol. The van der Waals surface area contributed by atoms with Gasteiger partial charge >= 0.3 is 5.97 Å². The van der Waals surface area contributed by atoms with Crippen molar-refractivity contribution >= 4 is 5.97 Å². The van der Waals surface area contributed by atoms with E-state index >= 15 is 0 Å². The van der Waals surface area contributed by atoms with E-state index in [0.717, 1.165) is 12.1 Å². The van der Waals surface area contributed by atoms with E-state index in [9.17, 15) is 9.90 Å². The molecular formula is C13H17NO3. The highest BCUT2D eigenvalue weighted by molar-refractivity contribution is 5.89. The highest BCUT2D eigenvalue weighted by Crippen LogP contribution is 2.22. The molecule has 1 aliphatic heterocycles. The van der Waals surface area contributed by atoms with Crippen molar-refractivity contribution in [3.05, 3.63) is 35.4 Å². The van der Waals surface area contributed by atoms with E-state index in [1.54, 1.807) is 12.1 Å². The Morgan fingerprint density at radius 2 is 2.00 bits per heavy atom. The lowest BCUT2D eigenvalue weighted by atomic mass is 9.96. The Labute approximate surface area is 101 Å². The van der Waals surface area contributed by atoms with Gasteiger partial charge in [-0.05, 0) is 24.6 Å². The van der Waals surface area contributed by atoms with Crippen molar-refractivity contribution in [2.75, 3.05) is 20.2 Å². The van der Waals surface area contributed by atoms with Gasteiger partial charge in [-0.2, -0.15) is 0 Å². The van der Waals surface area contributed by atoms with Crippen molar-refractivity contribution in [2.45, 2.75) is 19.1 Å². The third kappa shape index (κ3) is 2.84. The summed E-state index contributed by atoms with van der Waals surface area (Å²) in [6.07, 6.45) is 0. The number of carbonyl (C=O) groups is 1.